The summed E-state index contributed by atoms with van der Waals surface area (Å²) in [5.74, 6) is -0.269. The number of rotatable bonds is 3. The minimum Gasteiger partial charge on any atom is -0.335 e. The Morgan fingerprint density at radius 1 is 1.12 bits per heavy atom. The fourth-order valence-corrected chi connectivity index (χ4v) is 3.07. The minimum absolute atomic E-state index is 0.0870. The molecule has 1 aliphatic heterocycles. The van der Waals surface area contributed by atoms with Crippen LogP contribution in [0.5, 0.6) is 0 Å². The summed E-state index contributed by atoms with van der Waals surface area (Å²) in [5, 5.41) is 4.29. The Morgan fingerprint density at radius 3 is 2.68 bits per heavy atom. The van der Waals surface area contributed by atoms with Crippen LogP contribution in [0.1, 0.15) is 16.1 Å². The van der Waals surface area contributed by atoms with Crippen LogP contribution in [0, 0.1) is 5.82 Å². The molecule has 3 heterocycles. The van der Waals surface area contributed by atoms with Gasteiger partial charge in [0, 0.05) is 56.7 Å². The van der Waals surface area contributed by atoms with E-state index in [1.807, 2.05) is 6.07 Å². The van der Waals surface area contributed by atoms with Gasteiger partial charge in [0.2, 0.25) is 0 Å². The number of carbonyl (C=O) groups is 1. The van der Waals surface area contributed by atoms with Gasteiger partial charge >= 0.3 is 0 Å². The molecule has 2 aromatic heterocycles. The van der Waals surface area contributed by atoms with Crippen LogP contribution in [-0.4, -0.2) is 56.5 Å². The second-order valence-corrected chi connectivity index (χ2v) is 6.11. The van der Waals surface area contributed by atoms with Crippen LogP contribution < -0.4 is 0 Å². The monoisotopic (exact) mass is 339 g/mol. The number of fused-ring (bicyclic) bond motifs is 1. The Kier molecular flexibility index (Phi) is 4.15. The Balaban J connectivity index is 1.39. The summed E-state index contributed by atoms with van der Waals surface area (Å²) in [7, 11) is 0. The summed E-state index contributed by atoms with van der Waals surface area (Å²) in [4.78, 5) is 20.8. The van der Waals surface area contributed by atoms with Crippen molar-refractivity contribution in [3.05, 3.63) is 65.9 Å². The topological polar surface area (TPSA) is 53.7 Å². The zero-order valence-corrected chi connectivity index (χ0v) is 13.7. The van der Waals surface area contributed by atoms with Gasteiger partial charge in [-0.05, 0) is 12.1 Å². The van der Waals surface area contributed by atoms with Crippen molar-refractivity contribution in [1.29, 1.82) is 0 Å². The average molecular weight is 339 g/mol. The van der Waals surface area contributed by atoms with Crippen molar-refractivity contribution in [3.8, 4) is 0 Å². The van der Waals surface area contributed by atoms with Crippen molar-refractivity contribution >= 4 is 11.6 Å². The number of halogens is 1. The van der Waals surface area contributed by atoms with Crippen molar-refractivity contribution in [1.82, 2.24) is 24.4 Å². The van der Waals surface area contributed by atoms with Gasteiger partial charge in [0.15, 0.2) is 11.3 Å². The minimum atomic E-state index is -0.182. The largest absolute Gasteiger partial charge is 0.335 e. The highest BCUT2D eigenvalue weighted by atomic mass is 19.1. The quantitative estimate of drug-likeness (QED) is 0.730. The molecule has 1 saturated heterocycles. The van der Waals surface area contributed by atoms with Gasteiger partial charge in [-0.2, -0.15) is 5.10 Å². The zero-order valence-electron chi connectivity index (χ0n) is 13.7. The molecule has 3 aromatic rings. The van der Waals surface area contributed by atoms with E-state index in [9.17, 15) is 9.18 Å². The van der Waals surface area contributed by atoms with Crippen LogP contribution in [-0.2, 0) is 6.54 Å². The predicted octanol–water partition coefficient (Wildman–Crippen LogP) is 1.83. The van der Waals surface area contributed by atoms with E-state index < -0.39 is 0 Å². The van der Waals surface area contributed by atoms with Crippen LogP contribution in [0.15, 0.2) is 48.8 Å². The highest BCUT2D eigenvalue weighted by molar-refractivity contribution is 5.93. The lowest BCUT2D eigenvalue weighted by atomic mass is 10.2. The number of hydrogen-bond donors (Lipinski definition) is 0. The first-order chi connectivity index (χ1) is 12.2. The van der Waals surface area contributed by atoms with Crippen molar-refractivity contribution in [2.24, 2.45) is 0 Å². The van der Waals surface area contributed by atoms with Gasteiger partial charge in [-0.3, -0.25) is 9.69 Å². The lowest BCUT2D eigenvalue weighted by molar-refractivity contribution is 0.0621. The summed E-state index contributed by atoms with van der Waals surface area (Å²) < 4.78 is 15.4. The van der Waals surface area contributed by atoms with E-state index >= 15 is 0 Å². The second-order valence-electron chi connectivity index (χ2n) is 6.11. The molecule has 1 amide bonds. The predicted molar refractivity (Wildman–Crippen MR) is 90.6 cm³/mol. The standard InChI is InChI=1S/C18H18FN5O/c19-15-5-2-1-4-14(15)13-22-8-10-23(11-9-22)18(25)16-12-17-20-6-3-7-24(17)21-16/h1-7,12H,8-11,13H2. The molecule has 25 heavy (non-hydrogen) atoms. The van der Waals surface area contributed by atoms with E-state index in [1.165, 1.54) is 6.07 Å². The maximum atomic E-state index is 13.8. The summed E-state index contributed by atoms with van der Waals surface area (Å²) >= 11 is 0. The summed E-state index contributed by atoms with van der Waals surface area (Å²) in [6, 6.07) is 10.3. The molecule has 0 unspecified atom stereocenters. The smallest absolute Gasteiger partial charge is 0.274 e. The third-order valence-corrected chi connectivity index (χ3v) is 4.47. The van der Waals surface area contributed by atoms with Crippen LogP contribution in [0.25, 0.3) is 5.65 Å². The van der Waals surface area contributed by atoms with Crippen molar-refractivity contribution in [2.75, 3.05) is 26.2 Å². The fourth-order valence-electron chi connectivity index (χ4n) is 3.07. The van der Waals surface area contributed by atoms with Crippen molar-refractivity contribution in [3.63, 3.8) is 0 Å². The number of piperazine rings is 1. The molecule has 1 fully saturated rings. The molecule has 4 rings (SSSR count). The molecular formula is C18H18FN5O. The van der Waals surface area contributed by atoms with E-state index in [0.29, 0.717) is 49.6 Å². The first-order valence-corrected chi connectivity index (χ1v) is 8.26. The summed E-state index contributed by atoms with van der Waals surface area (Å²) in [6.45, 7) is 3.20. The fraction of sp³-hybridized carbons (Fsp3) is 0.278. The molecule has 0 radical (unpaired) electrons. The van der Waals surface area contributed by atoms with Gasteiger partial charge in [0.05, 0.1) is 0 Å². The van der Waals surface area contributed by atoms with Gasteiger partial charge in [-0.15, -0.1) is 0 Å². The molecular weight excluding hydrogens is 321 g/mol. The molecule has 0 bridgehead atoms. The average Bonchev–Trinajstić information content (AvgIpc) is 3.08. The maximum Gasteiger partial charge on any atom is 0.274 e. The molecule has 0 aliphatic carbocycles. The highest BCUT2D eigenvalue weighted by Gasteiger charge is 2.24. The first kappa shape index (κ1) is 15.7. The maximum absolute atomic E-state index is 13.8. The normalized spacial score (nSPS) is 15.6. The van der Waals surface area contributed by atoms with Crippen molar-refractivity contribution < 1.29 is 9.18 Å². The van der Waals surface area contributed by atoms with E-state index in [0.717, 1.165) is 0 Å². The lowest BCUT2D eigenvalue weighted by Crippen LogP contribution is -2.48. The molecule has 1 aliphatic rings. The van der Waals surface area contributed by atoms with Crippen LogP contribution in [0.3, 0.4) is 0 Å². The van der Waals surface area contributed by atoms with Gasteiger partial charge in [-0.1, -0.05) is 18.2 Å². The molecule has 0 saturated carbocycles. The van der Waals surface area contributed by atoms with E-state index in [1.54, 1.807) is 46.1 Å². The van der Waals surface area contributed by atoms with Gasteiger partial charge in [0.1, 0.15) is 5.82 Å². The van der Waals surface area contributed by atoms with Crippen LogP contribution >= 0.6 is 0 Å². The summed E-state index contributed by atoms with van der Waals surface area (Å²) in [5.41, 5.74) is 1.75. The van der Waals surface area contributed by atoms with Crippen LogP contribution in [0.4, 0.5) is 4.39 Å². The first-order valence-electron chi connectivity index (χ1n) is 8.26. The molecule has 0 spiro atoms. The van der Waals surface area contributed by atoms with Gasteiger partial charge in [-0.25, -0.2) is 13.9 Å². The van der Waals surface area contributed by atoms with Gasteiger partial charge in [0.25, 0.3) is 5.91 Å². The highest BCUT2D eigenvalue weighted by Crippen LogP contribution is 2.14. The number of carbonyl (C=O) groups excluding carboxylic acids is 1. The number of amides is 1. The molecule has 0 atom stereocenters. The van der Waals surface area contributed by atoms with Gasteiger partial charge < -0.3 is 4.90 Å². The SMILES string of the molecule is O=C(c1cc2ncccn2n1)N1CCN(Cc2ccccc2F)CC1. The van der Waals surface area contributed by atoms with E-state index in [4.69, 9.17) is 0 Å². The Hall–Kier alpha value is -2.80. The second kappa shape index (κ2) is 6.60. The lowest BCUT2D eigenvalue weighted by Gasteiger charge is -2.34. The Morgan fingerprint density at radius 2 is 1.92 bits per heavy atom. The Labute approximate surface area is 144 Å². The summed E-state index contributed by atoms with van der Waals surface area (Å²) in [6.07, 6.45) is 3.44. The number of nitrogens with zero attached hydrogens (tertiary/aromatic N) is 5. The molecule has 128 valence electrons. The third kappa shape index (κ3) is 3.23. The molecule has 1 aromatic carbocycles. The molecule has 0 N–H and O–H groups in total. The molecule has 7 heteroatoms. The van der Waals surface area contributed by atoms with E-state index in [2.05, 4.69) is 15.0 Å². The van der Waals surface area contributed by atoms with Crippen molar-refractivity contribution in [2.45, 2.75) is 6.54 Å². The molecule has 6 nitrogen and oxygen atoms in total. The number of benzene rings is 1. The number of aromatic nitrogens is 3. The van der Waals surface area contributed by atoms with E-state index in [-0.39, 0.29) is 11.7 Å². The zero-order chi connectivity index (χ0) is 17.2. The van der Waals surface area contributed by atoms with Crippen LogP contribution in [0.2, 0.25) is 0 Å². The third-order valence-electron chi connectivity index (χ3n) is 4.47. The Bertz CT molecular complexity index is 868. The number of hydrogen-bond acceptors (Lipinski definition) is 4.